The number of carboxylic acids is 1. The molecule has 1 unspecified atom stereocenters. The predicted molar refractivity (Wildman–Crippen MR) is 78.3 cm³/mol. The van der Waals surface area contributed by atoms with Crippen molar-refractivity contribution in [3.63, 3.8) is 0 Å². The van der Waals surface area contributed by atoms with Crippen molar-refractivity contribution < 1.29 is 14.6 Å². The highest BCUT2D eigenvalue weighted by Gasteiger charge is 2.17. The van der Waals surface area contributed by atoms with E-state index in [1.165, 1.54) is 6.20 Å². The predicted octanol–water partition coefficient (Wildman–Crippen LogP) is 3.75. The molecule has 106 valence electrons. The first-order chi connectivity index (χ1) is 9.63. The number of hydrogen-bond acceptors (Lipinski definition) is 3. The highest BCUT2D eigenvalue weighted by molar-refractivity contribution is 6.04. The van der Waals surface area contributed by atoms with Crippen LogP contribution in [0, 0.1) is 5.92 Å². The molecule has 2 aromatic rings. The normalized spacial score (nSPS) is 12.3. The average Bonchev–Trinajstić information content (AvgIpc) is 2.44. The molecule has 1 N–H and O–H groups in total. The third kappa shape index (κ3) is 3.07. The van der Waals surface area contributed by atoms with Crippen molar-refractivity contribution in [3.05, 3.63) is 36.0 Å². The van der Waals surface area contributed by atoms with Crippen LogP contribution >= 0.6 is 0 Å². The quantitative estimate of drug-likeness (QED) is 0.870. The summed E-state index contributed by atoms with van der Waals surface area (Å²) in [6, 6.07) is 7.20. The van der Waals surface area contributed by atoms with Crippen LogP contribution in [0.1, 0.15) is 37.0 Å². The SMILES string of the molecule is CCCC(C)COc1cnc2ccccc2c1C(=O)O. The molecule has 0 amide bonds. The van der Waals surface area contributed by atoms with Gasteiger partial charge in [-0.2, -0.15) is 0 Å². The number of aromatic carboxylic acids is 1. The van der Waals surface area contributed by atoms with E-state index in [4.69, 9.17) is 4.74 Å². The molecule has 2 rings (SSSR count). The van der Waals surface area contributed by atoms with Crippen LogP contribution in [0.3, 0.4) is 0 Å². The minimum absolute atomic E-state index is 0.194. The van der Waals surface area contributed by atoms with Crippen LogP contribution in [0.2, 0.25) is 0 Å². The molecule has 0 aliphatic heterocycles. The molecule has 1 aromatic heterocycles. The first-order valence-corrected chi connectivity index (χ1v) is 6.87. The van der Waals surface area contributed by atoms with Crippen LogP contribution in [0.5, 0.6) is 5.75 Å². The van der Waals surface area contributed by atoms with E-state index in [0.717, 1.165) is 12.8 Å². The number of rotatable bonds is 6. The summed E-state index contributed by atoms with van der Waals surface area (Å²) in [6.07, 6.45) is 3.65. The fourth-order valence-corrected chi connectivity index (χ4v) is 2.26. The zero-order valence-electron chi connectivity index (χ0n) is 11.8. The summed E-state index contributed by atoms with van der Waals surface area (Å²) in [5, 5.41) is 10.0. The van der Waals surface area contributed by atoms with Gasteiger partial charge in [0.05, 0.1) is 18.3 Å². The number of carboxylic acid groups (broad SMARTS) is 1. The molecule has 0 saturated heterocycles. The number of nitrogens with zero attached hydrogens (tertiary/aromatic N) is 1. The highest BCUT2D eigenvalue weighted by Crippen LogP contribution is 2.26. The van der Waals surface area contributed by atoms with E-state index in [0.29, 0.717) is 29.2 Å². The van der Waals surface area contributed by atoms with Gasteiger partial charge < -0.3 is 9.84 Å². The average molecular weight is 273 g/mol. The van der Waals surface area contributed by atoms with Crippen molar-refractivity contribution in [1.82, 2.24) is 4.98 Å². The largest absolute Gasteiger partial charge is 0.491 e. The van der Waals surface area contributed by atoms with E-state index in [9.17, 15) is 9.90 Å². The Kier molecular flexibility index (Phi) is 4.56. The lowest BCUT2D eigenvalue weighted by Crippen LogP contribution is -2.11. The summed E-state index contributed by atoms with van der Waals surface area (Å²) >= 11 is 0. The third-order valence-electron chi connectivity index (χ3n) is 3.26. The van der Waals surface area contributed by atoms with Gasteiger partial charge in [-0.05, 0) is 18.4 Å². The van der Waals surface area contributed by atoms with Crippen LogP contribution in [0.4, 0.5) is 0 Å². The van der Waals surface area contributed by atoms with Gasteiger partial charge in [0.2, 0.25) is 0 Å². The molecule has 0 spiro atoms. The topological polar surface area (TPSA) is 59.4 Å². The van der Waals surface area contributed by atoms with Gasteiger partial charge >= 0.3 is 5.97 Å². The number of ether oxygens (including phenoxy) is 1. The van der Waals surface area contributed by atoms with Crippen LogP contribution in [-0.2, 0) is 0 Å². The third-order valence-corrected chi connectivity index (χ3v) is 3.26. The zero-order valence-corrected chi connectivity index (χ0v) is 11.8. The van der Waals surface area contributed by atoms with Gasteiger partial charge in [-0.1, -0.05) is 38.5 Å². The van der Waals surface area contributed by atoms with Crippen molar-refractivity contribution in [2.24, 2.45) is 5.92 Å². The highest BCUT2D eigenvalue weighted by atomic mass is 16.5. The molecule has 4 nitrogen and oxygen atoms in total. The fraction of sp³-hybridized carbons (Fsp3) is 0.375. The van der Waals surface area contributed by atoms with Gasteiger partial charge in [-0.3, -0.25) is 4.98 Å². The number of benzene rings is 1. The van der Waals surface area contributed by atoms with Crippen molar-refractivity contribution >= 4 is 16.9 Å². The maximum atomic E-state index is 11.5. The zero-order chi connectivity index (χ0) is 14.5. The second-order valence-corrected chi connectivity index (χ2v) is 5.02. The smallest absolute Gasteiger partial charge is 0.340 e. The van der Waals surface area contributed by atoms with Gasteiger partial charge in [-0.15, -0.1) is 0 Å². The Morgan fingerprint density at radius 2 is 2.15 bits per heavy atom. The Hall–Kier alpha value is -2.10. The summed E-state index contributed by atoms with van der Waals surface area (Å²) in [6.45, 7) is 4.73. The molecule has 1 aromatic carbocycles. The van der Waals surface area contributed by atoms with Gasteiger partial charge in [0.1, 0.15) is 5.56 Å². The number of fused-ring (bicyclic) bond motifs is 1. The Morgan fingerprint density at radius 1 is 1.40 bits per heavy atom. The molecule has 20 heavy (non-hydrogen) atoms. The van der Waals surface area contributed by atoms with Crippen molar-refractivity contribution in [2.45, 2.75) is 26.7 Å². The number of carbonyl (C=O) groups is 1. The van der Waals surface area contributed by atoms with Crippen LogP contribution in [-0.4, -0.2) is 22.7 Å². The molecule has 0 radical (unpaired) electrons. The van der Waals surface area contributed by atoms with Gasteiger partial charge in [0.15, 0.2) is 5.75 Å². The lowest BCUT2D eigenvalue weighted by Gasteiger charge is -2.14. The van der Waals surface area contributed by atoms with Crippen LogP contribution in [0.25, 0.3) is 10.9 Å². The molecular weight excluding hydrogens is 254 g/mol. The van der Waals surface area contributed by atoms with E-state index in [1.54, 1.807) is 18.2 Å². The van der Waals surface area contributed by atoms with E-state index in [-0.39, 0.29) is 5.56 Å². The van der Waals surface area contributed by atoms with E-state index in [1.807, 2.05) is 6.07 Å². The fourth-order valence-electron chi connectivity index (χ4n) is 2.26. The number of hydrogen-bond donors (Lipinski definition) is 1. The molecule has 0 aliphatic carbocycles. The molecule has 1 atom stereocenters. The molecule has 0 bridgehead atoms. The van der Waals surface area contributed by atoms with Crippen LogP contribution < -0.4 is 4.74 Å². The minimum atomic E-state index is -0.984. The molecule has 0 aliphatic rings. The van der Waals surface area contributed by atoms with Crippen LogP contribution in [0.15, 0.2) is 30.5 Å². The maximum absolute atomic E-state index is 11.5. The number of para-hydroxylation sites is 1. The van der Waals surface area contributed by atoms with E-state index >= 15 is 0 Å². The second kappa shape index (κ2) is 6.37. The maximum Gasteiger partial charge on any atom is 0.340 e. The summed E-state index contributed by atoms with van der Waals surface area (Å²) in [5.41, 5.74) is 0.859. The van der Waals surface area contributed by atoms with Crippen molar-refractivity contribution in [2.75, 3.05) is 6.61 Å². The standard InChI is InChI=1S/C16H19NO3/c1-3-6-11(2)10-20-14-9-17-13-8-5-4-7-12(13)15(14)16(18)19/h4-5,7-9,11H,3,6,10H2,1-2H3,(H,18,19). The summed E-state index contributed by atoms with van der Waals surface area (Å²) in [4.78, 5) is 15.8. The second-order valence-electron chi connectivity index (χ2n) is 5.02. The lowest BCUT2D eigenvalue weighted by atomic mass is 10.1. The molecule has 0 fully saturated rings. The molecule has 4 heteroatoms. The Bertz CT molecular complexity index is 610. The van der Waals surface area contributed by atoms with Gasteiger partial charge in [0, 0.05) is 5.39 Å². The Morgan fingerprint density at radius 3 is 2.85 bits per heavy atom. The molecule has 0 saturated carbocycles. The van der Waals surface area contributed by atoms with E-state index < -0.39 is 5.97 Å². The van der Waals surface area contributed by atoms with Gasteiger partial charge in [-0.25, -0.2) is 4.79 Å². The Labute approximate surface area is 118 Å². The summed E-state index contributed by atoms with van der Waals surface area (Å²) in [5.74, 6) is -0.242. The first-order valence-electron chi connectivity index (χ1n) is 6.87. The minimum Gasteiger partial charge on any atom is -0.491 e. The van der Waals surface area contributed by atoms with Gasteiger partial charge in [0.25, 0.3) is 0 Å². The Balaban J connectivity index is 2.33. The lowest BCUT2D eigenvalue weighted by molar-refractivity contribution is 0.0693. The first kappa shape index (κ1) is 14.3. The van der Waals surface area contributed by atoms with Crippen molar-refractivity contribution in [3.8, 4) is 5.75 Å². The number of aromatic nitrogens is 1. The van der Waals surface area contributed by atoms with Crippen molar-refractivity contribution in [1.29, 1.82) is 0 Å². The monoisotopic (exact) mass is 273 g/mol. The summed E-state index contributed by atoms with van der Waals surface area (Å²) in [7, 11) is 0. The summed E-state index contributed by atoms with van der Waals surface area (Å²) < 4.78 is 5.68. The molecule has 1 heterocycles. The molecular formula is C16H19NO3. The van der Waals surface area contributed by atoms with E-state index in [2.05, 4.69) is 18.8 Å². The number of pyridine rings is 1.